The predicted octanol–water partition coefficient (Wildman–Crippen LogP) is 4.81. The van der Waals surface area contributed by atoms with E-state index in [2.05, 4.69) is 28.5 Å². The van der Waals surface area contributed by atoms with Crippen LogP contribution in [-0.2, 0) is 17.6 Å². The molecule has 2 atom stereocenters. The summed E-state index contributed by atoms with van der Waals surface area (Å²) in [7, 11) is 0. The van der Waals surface area contributed by atoms with Crippen LogP contribution in [0.25, 0.3) is 10.8 Å². The number of carbonyl (C=O) groups excluding carboxylic acids is 1. The summed E-state index contributed by atoms with van der Waals surface area (Å²) in [5, 5.41) is 11.2. The van der Waals surface area contributed by atoms with E-state index in [9.17, 15) is 4.79 Å². The first kappa shape index (κ1) is 20.4. The van der Waals surface area contributed by atoms with Crippen LogP contribution in [0.1, 0.15) is 30.7 Å². The zero-order valence-electron chi connectivity index (χ0n) is 17.3. The van der Waals surface area contributed by atoms with Crippen LogP contribution in [0.4, 0.5) is 5.69 Å². The Balaban J connectivity index is 1.22. The van der Waals surface area contributed by atoms with Crippen molar-refractivity contribution in [1.82, 2.24) is 10.2 Å². The van der Waals surface area contributed by atoms with Gasteiger partial charge in [0.2, 0.25) is 5.91 Å². The molecule has 0 radical (unpaired) electrons. The molecule has 3 heterocycles. The van der Waals surface area contributed by atoms with Crippen LogP contribution in [-0.4, -0.2) is 34.6 Å². The number of thiophene rings is 1. The Kier molecular flexibility index (Phi) is 5.62. The summed E-state index contributed by atoms with van der Waals surface area (Å²) >= 11 is 2.98. The number of fused-ring (bicyclic) bond motifs is 2. The van der Waals surface area contributed by atoms with Crippen molar-refractivity contribution in [3.8, 4) is 22.3 Å². The quantitative estimate of drug-likeness (QED) is 0.550. The Morgan fingerprint density at radius 3 is 2.94 bits per heavy atom. The fourth-order valence-electron chi connectivity index (χ4n) is 3.74. The molecule has 162 valence electrons. The van der Waals surface area contributed by atoms with Crippen LogP contribution in [0.3, 0.4) is 0 Å². The average molecular weight is 458 g/mol. The Hall–Kier alpha value is -2.52. The smallest absolute Gasteiger partial charge is 0.277 e. The monoisotopic (exact) mass is 457 g/mol. The minimum Gasteiger partial charge on any atom is -0.486 e. The molecular weight excluding hydrogens is 434 g/mol. The lowest BCUT2D eigenvalue weighted by atomic mass is 9.90. The third-order valence-corrected chi connectivity index (χ3v) is 7.56. The van der Waals surface area contributed by atoms with Crippen LogP contribution < -0.4 is 14.8 Å². The molecule has 0 saturated heterocycles. The molecule has 0 bridgehead atoms. The van der Waals surface area contributed by atoms with E-state index in [0.29, 0.717) is 41.5 Å². The van der Waals surface area contributed by atoms with Crippen molar-refractivity contribution in [2.24, 2.45) is 5.92 Å². The third-order valence-electron chi connectivity index (χ3n) is 5.40. The number of hydrogen-bond donors (Lipinski definition) is 1. The molecule has 9 heteroatoms. The van der Waals surface area contributed by atoms with Gasteiger partial charge < -0.3 is 19.2 Å². The molecule has 31 heavy (non-hydrogen) atoms. The van der Waals surface area contributed by atoms with E-state index in [4.69, 9.17) is 13.9 Å². The van der Waals surface area contributed by atoms with Gasteiger partial charge in [0, 0.05) is 16.6 Å². The first-order chi connectivity index (χ1) is 15.0. The van der Waals surface area contributed by atoms with E-state index >= 15 is 0 Å². The second-order valence-corrected chi connectivity index (χ2v) is 10.3. The summed E-state index contributed by atoms with van der Waals surface area (Å²) in [4.78, 5) is 15.1. The zero-order valence-corrected chi connectivity index (χ0v) is 19.0. The van der Waals surface area contributed by atoms with Crippen LogP contribution in [0.2, 0.25) is 0 Å². The van der Waals surface area contributed by atoms with Crippen LogP contribution >= 0.6 is 23.1 Å². The van der Waals surface area contributed by atoms with Crippen molar-refractivity contribution < 1.29 is 18.7 Å². The topological polar surface area (TPSA) is 86.5 Å². The van der Waals surface area contributed by atoms with Gasteiger partial charge >= 0.3 is 0 Å². The maximum Gasteiger partial charge on any atom is 0.277 e. The molecule has 0 spiro atoms. The summed E-state index contributed by atoms with van der Waals surface area (Å²) in [5.41, 5.74) is 2.06. The van der Waals surface area contributed by atoms with Gasteiger partial charge in [-0.1, -0.05) is 18.7 Å². The van der Waals surface area contributed by atoms with Crippen LogP contribution in [0.15, 0.2) is 33.9 Å². The number of aryl methyl sites for hydroxylation is 1. The first-order valence-corrected chi connectivity index (χ1v) is 12.1. The van der Waals surface area contributed by atoms with Gasteiger partial charge in [0.05, 0.1) is 10.1 Å². The molecular formula is C22H23N3O4S2. The molecule has 1 aliphatic carbocycles. The van der Waals surface area contributed by atoms with Gasteiger partial charge in [-0.25, -0.2) is 0 Å². The van der Waals surface area contributed by atoms with Gasteiger partial charge in [-0.2, -0.15) is 0 Å². The Morgan fingerprint density at radius 1 is 1.23 bits per heavy atom. The van der Waals surface area contributed by atoms with Crippen LogP contribution in [0.5, 0.6) is 11.5 Å². The summed E-state index contributed by atoms with van der Waals surface area (Å²) in [5.74, 6) is 2.42. The highest BCUT2D eigenvalue weighted by molar-refractivity contribution is 8.00. The highest BCUT2D eigenvalue weighted by Gasteiger charge is 2.23. The molecule has 2 aromatic heterocycles. The van der Waals surface area contributed by atoms with E-state index in [1.165, 1.54) is 28.6 Å². The Labute approximate surface area is 188 Å². The minimum atomic E-state index is -0.404. The first-order valence-electron chi connectivity index (χ1n) is 10.4. The number of hydrogen-bond acceptors (Lipinski definition) is 8. The van der Waals surface area contributed by atoms with E-state index in [1.807, 2.05) is 6.92 Å². The van der Waals surface area contributed by atoms with Crippen molar-refractivity contribution in [3.63, 3.8) is 0 Å². The van der Waals surface area contributed by atoms with Gasteiger partial charge in [-0.3, -0.25) is 4.79 Å². The summed E-state index contributed by atoms with van der Waals surface area (Å²) in [6.45, 7) is 5.14. The highest BCUT2D eigenvalue weighted by Crippen LogP contribution is 2.38. The van der Waals surface area contributed by atoms with Crippen molar-refractivity contribution >= 4 is 34.7 Å². The minimum absolute atomic E-state index is 0.151. The molecule has 3 aromatic rings. The summed E-state index contributed by atoms with van der Waals surface area (Å²) in [6.07, 6.45) is 3.46. The number of carbonyl (C=O) groups is 1. The van der Waals surface area contributed by atoms with Crippen molar-refractivity contribution in [2.45, 2.75) is 43.6 Å². The van der Waals surface area contributed by atoms with Crippen molar-refractivity contribution in [1.29, 1.82) is 0 Å². The molecule has 1 N–H and O–H groups in total. The number of nitrogens with one attached hydrogen (secondary N) is 1. The second-order valence-electron chi connectivity index (χ2n) is 7.89. The number of thioether (sulfide) groups is 1. The number of benzene rings is 1. The summed E-state index contributed by atoms with van der Waals surface area (Å²) < 4.78 is 16.9. The third kappa shape index (κ3) is 4.43. The average Bonchev–Trinajstić information content (AvgIpc) is 3.40. The fourth-order valence-corrected chi connectivity index (χ4v) is 5.55. The van der Waals surface area contributed by atoms with E-state index < -0.39 is 5.25 Å². The second kappa shape index (κ2) is 8.55. The van der Waals surface area contributed by atoms with Crippen molar-refractivity contribution in [3.05, 3.63) is 34.7 Å². The zero-order chi connectivity index (χ0) is 21.4. The standard InChI is InChI=1S/C22H23N3O4S2/c1-12-3-6-18-14(9-12)10-19(31-18)21-24-25-22(29-21)30-13(2)20(26)23-15-4-5-16-17(11-15)28-8-7-27-16/h4-5,10-13H,3,6-9H2,1-2H3,(H,23,26)/t12-,13-/m1/s1. The lowest BCUT2D eigenvalue weighted by Gasteiger charge is -2.19. The number of aromatic nitrogens is 2. The Morgan fingerprint density at radius 2 is 2.06 bits per heavy atom. The van der Waals surface area contributed by atoms with E-state index in [-0.39, 0.29) is 5.91 Å². The SMILES string of the molecule is C[C@@H]1CCc2sc(-c3nnc(S[C@H](C)C(=O)Nc4ccc5c(c4)OCCO5)o3)cc2C1. The highest BCUT2D eigenvalue weighted by atomic mass is 32.2. The molecule has 1 aliphatic heterocycles. The van der Waals surface area contributed by atoms with E-state index in [0.717, 1.165) is 23.6 Å². The molecule has 0 unspecified atom stereocenters. The largest absolute Gasteiger partial charge is 0.486 e. The van der Waals surface area contributed by atoms with Gasteiger partial charge in [0.1, 0.15) is 13.2 Å². The maximum absolute atomic E-state index is 12.6. The lowest BCUT2D eigenvalue weighted by molar-refractivity contribution is -0.115. The molecule has 2 aliphatic rings. The number of nitrogens with zero attached hydrogens (tertiary/aromatic N) is 2. The number of anilines is 1. The number of amides is 1. The molecule has 0 fully saturated rings. The number of rotatable bonds is 5. The van der Waals surface area contributed by atoms with Crippen LogP contribution in [0, 0.1) is 5.92 Å². The van der Waals surface area contributed by atoms with Crippen molar-refractivity contribution in [2.75, 3.05) is 18.5 Å². The van der Waals surface area contributed by atoms with E-state index in [1.54, 1.807) is 29.5 Å². The predicted molar refractivity (Wildman–Crippen MR) is 120 cm³/mol. The van der Waals surface area contributed by atoms with Gasteiger partial charge in [0.25, 0.3) is 11.1 Å². The maximum atomic E-state index is 12.6. The summed E-state index contributed by atoms with van der Waals surface area (Å²) in [6, 6.07) is 7.55. The van der Waals surface area contributed by atoms with Gasteiger partial charge in [0.15, 0.2) is 11.5 Å². The lowest BCUT2D eigenvalue weighted by Crippen LogP contribution is -2.22. The molecule has 1 amide bonds. The Bertz CT molecular complexity index is 1110. The molecule has 7 nitrogen and oxygen atoms in total. The normalized spacial score (nSPS) is 18.3. The fraction of sp³-hybridized carbons (Fsp3) is 0.409. The van der Waals surface area contributed by atoms with Gasteiger partial charge in [-0.15, -0.1) is 21.5 Å². The number of ether oxygens (including phenoxy) is 2. The molecule has 1 aromatic carbocycles. The molecule has 0 saturated carbocycles. The molecule has 5 rings (SSSR count). The van der Waals surface area contributed by atoms with Gasteiger partial charge in [-0.05, 0) is 55.9 Å².